The van der Waals surface area contributed by atoms with Crippen molar-refractivity contribution in [3.63, 3.8) is 0 Å². The number of aromatic nitrogens is 2. The molecule has 1 aromatic carbocycles. The molecule has 9 heteroatoms. The number of fused-ring (bicyclic) bond motifs is 5. The monoisotopic (exact) mass is 546 g/mol. The number of hydrogen-bond acceptors (Lipinski definition) is 8. The van der Waals surface area contributed by atoms with Crippen LogP contribution in [0.4, 0.5) is 0 Å². The van der Waals surface area contributed by atoms with Gasteiger partial charge < -0.3 is 24.4 Å². The van der Waals surface area contributed by atoms with Gasteiger partial charge in [-0.2, -0.15) is 0 Å². The Morgan fingerprint density at radius 2 is 2.00 bits per heavy atom. The van der Waals surface area contributed by atoms with Crippen LogP contribution in [0.1, 0.15) is 64.1 Å². The third-order valence-electron chi connectivity index (χ3n) is 7.74. The first-order valence-corrected chi connectivity index (χ1v) is 14.0. The number of hydrogen-bond donors (Lipinski definition) is 1. The molecule has 2 aromatic rings. The van der Waals surface area contributed by atoms with Crippen LogP contribution in [0.5, 0.6) is 5.88 Å². The number of ether oxygens (including phenoxy) is 3. The molecule has 2 aliphatic heterocycles. The van der Waals surface area contributed by atoms with Crippen molar-refractivity contribution in [2.24, 2.45) is 11.3 Å². The topological polar surface area (TPSA) is 103 Å². The van der Waals surface area contributed by atoms with E-state index in [1.165, 1.54) is 7.11 Å². The molecular weight excluding hydrogens is 508 g/mol. The Bertz CT molecular complexity index is 1390. The summed E-state index contributed by atoms with van der Waals surface area (Å²) in [6, 6.07) is 4.39. The van der Waals surface area contributed by atoms with Crippen LogP contribution in [0.2, 0.25) is 0 Å². The summed E-state index contributed by atoms with van der Waals surface area (Å²) in [4.78, 5) is 37.9. The zero-order valence-corrected chi connectivity index (χ0v) is 24.0. The van der Waals surface area contributed by atoms with E-state index in [4.69, 9.17) is 24.2 Å². The standard InChI is InChI=1S/C31H38N4O5/c1-18-12-13-22-24(14-18)34-28-23(33-22)11-9-7-8-10-20-15-26(20)39-19(2)32-27(31(3,4)5)29(36)35-17-21(40-28)16-25(35)30(37)38-6/h12-14,20-21,25-27,32H,2,7-8,10,15-17H2,1,3-6H3/t20-,21?,25+,26-,27-/m1/s1. The molecule has 0 spiro atoms. The minimum atomic E-state index is -0.802. The van der Waals surface area contributed by atoms with Crippen LogP contribution in [-0.2, 0) is 19.1 Å². The first kappa shape index (κ1) is 27.8. The molecule has 5 rings (SSSR count). The van der Waals surface area contributed by atoms with Crippen LogP contribution < -0.4 is 10.1 Å². The number of rotatable bonds is 1. The van der Waals surface area contributed by atoms with E-state index in [-0.39, 0.29) is 25.0 Å². The normalized spacial score (nSPS) is 27.0. The van der Waals surface area contributed by atoms with E-state index >= 15 is 0 Å². The molecule has 1 unspecified atom stereocenters. The number of carbonyl (C=O) groups excluding carboxylic acids is 2. The maximum Gasteiger partial charge on any atom is 0.328 e. The van der Waals surface area contributed by atoms with Crippen LogP contribution in [-0.4, -0.2) is 64.7 Å². The number of aryl methyl sites for hydroxylation is 1. The Labute approximate surface area is 235 Å². The van der Waals surface area contributed by atoms with Crippen LogP contribution in [0.3, 0.4) is 0 Å². The van der Waals surface area contributed by atoms with Gasteiger partial charge in [-0.3, -0.25) is 4.79 Å². The minimum Gasteiger partial charge on any atom is -0.476 e. The van der Waals surface area contributed by atoms with Crippen molar-refractivity contribution in [2.45, 2.75) is 84.1 Å². The highest BCUT2D eigenvalue weighted by molar-refractivity contribution is 5.89. The Morgan fingerprint density at radius 1 is 1.20 bits per heavy atom. The number of carbonyl (C=O) groups is 2. The lowest BCUT2D eigenvalue weighted by molar-refractivity contribution is -0.152. The molecule has 3 heterocycles. The molecule has 0 radical (unpaired) electrons. The third-order valence-corrected chi connectivity index (χ3v) is 7.74. The van der Waals surface area contributed by atoms with Gasteiger partial charge in [0.25, 0.3) is 0 Å². The van der Waals surface area contributed by atoms with Crippen molar-refractivity contribution in [1.82, 2.24) is 20.2 Å². The van der Waals surface area contributed by atoms with Gasteiger partial charge in [-0.15, -0.1) is 0 Å². The van der Waals surface area contributed by atoms with Gasteiger partial charge in [0.15, 0.2) is 11.6 Å². The lowest BCUT2D eigenvalue weighted by atomic mass is 9.85. The smallest absolute Gasteiger partial charge is 0.328 e. The van der Waals surface area contributed by atoms with E-state index in [2.05, 4.69) is 23.7 Å². The van der Waals surface area contributed by atoms with Crippen molar-refractivity contribution in [2.75, 3.05) is 13.7 Å². The highest BCUT2D eigenvalue weighted by Gasteiger charge is 2.47. The fraction of sp³-hybridized carbons (Fsp3) is 0.548. The van der Waals surface area contributed by atoms with Gasteiger partial charge in [0.05, 0.1) is 24.7 Å². The lowest BCUT2D eigenvalue weighted by Crippen LogP contribution is -2.55. The van der Waals surface area contributed by atoms with E-state index in [1.54, 1.807) is 4.90 Å². The minimum absolute atomic E-state index is 0.0800. The fourth-order valence-corrected chi connectivity index (χ4v) is 5.41. The van der Waals surface area contributed by atoms with Crippen molar-refractivity contribution < 1.29 is 23.8 Å². The number of benzene rings is 1. The van der Waals surface area contributed by atoms with Crippen LogP contribution in [0.25, 0.3) is 11.0 Å². The van der Waals surface area contributed by atoms with Gasteiger partial charge in [-0.1, -0.05) is 32.8 Å². The molecule has 2 fully saturated rings. The second kappa shape index (κ2) is 11.0. The summed E-state index contributed by atoms with van der Waals surface area (Å²) < 4.78 is 17.5. The number of amides is 1. The lowest BCUT2D eigenvalue weighted by Gasteiger charge is -2.35. The largest absolute Gasteiger partial charge is 0.476 e. The van der Waals surface area contributed by atoms with Crippen molar-refractivity contribution in [1.29, 1.82) is 0 Å². The molecule has 9 nitrogen and oxygen atoms in total. The van der Waals surface area contributed by atoms with Crippen LogP contribution in [0.15, 0.2) is 30.7 Å². The Kier molecular flexibility index (Phi) is 7.63. The van der Waals surface area contributed by atoms with E-state index in [9.17, 15) is 9.59 Å². The first-order valence-electron chi connectivity index (χ1n) is 14.0. The third kappa shape index (κ3) is 6.01. The Hall–Kier alpha value is -3.80. The van der Waals surface area contributed by atoms with Crippen LogP contribution in [0, 0.1) is 30.1 Å². The molecule has 1 aromatic heterocycles. The highest BCUT2D eigenvalue weighted by Crippen LogP contribution is 2.39. The van der Waals surface area contributed by atoms with Gasteiger partial charge in [0.2, 0.25) is 11.8 Å². The predicted octanol–water partition coefficient (Wildman–Crippen LogP) is 3.88. The zero-order chi connectivity index (χ0) is 28.6. The summed E-state index contributed by atoms with van der Waals surface area (Å²) in [7, 11) is 1.33. The first-order chi connectivity index (χ1) is 19.0. The van der Waals surface area contributed by atoms with Crippen LogP contribution >= 0.6 is 0 Å². The summed E-state index contributed by atoms with van der Waals surface area (Å²) in [5.74, 6) is 6.79. The van der Waals surface area contributed by atoms with Crippen molar-refractivity contribution in [3.8, 4) is 17.7 Å². The van der Waals surface area contributed by atoms with E-state index < -0.39 is 29.6 Å². The molecule has 3 aliphatic rings. The van der Waals surface area contributed by atoms with E-state index in [0.717, 1.165) is 36.8 Å². The molecular formula is C31H38N4O5. The van der Waals surface area contributed by atoms with Crippen molar-refractivity contribution >= 4 is 22.9 Å². The SMILES string of the molecule is C=C1N[C@@H](C(C)(C)C)C(=O)N2CC(C[C@H]2C(=O)OC)Oc2nc3cc(C)ccc3nc2C#CCCC[C@@H]2C[C@H]2O1. The number of esters is 1. The van der Waals surface area contributed by atoms with Crippen molar-refractivity contribution in [3.05, 3.63) is 41.9 Å². The summed E-state index contributed by atoms with van der Waals surface area (Å²) in [5.41, 5.74) is 2.46. The van der Waals surface area contributed by atoms with Gasteiger partial charge >= 0.3 is 5.97 Å². The summed E-state index contributed by atoms with van der Waals surface area (Å²) >= 11 is 0. The molecule has 1 saturated heterocycles. The van der Waals surface area contributed by atoms with Gasteiger partial charge in [0, 0.05) is 12.8 Å². The Morgan fingerprint density at radius 3 is 2.75 bits per heavy atom. The molecule has 40 heavy (non-hydrogen) atoms. The summed E-state index contributed by atoms with van der Waals surface area (Å²) in [5, 5.41) is 3.22. The number of nitrogens with one attached hydrogen (secondary N) is 1. The van der Waals surface area contributed by atoms with Gasteiger partial charge in [0.1, 0.15) is 24.3 Å². The van der Waals surface area contributed by atoms with Gasteiger partial charge in [-0.05, 0) is 67.7 Å². The molecule has 212 valence electrons. The van der Waals surface area contributed by atoms with E-state index in [0.29, 0.717) is 28.9 Å². The summed E-state index contributed by atoms with van der Waals surface area (Å²) in [6.07, 6.45) is 3.45. The molecule has 5 atom stereocenters. The number of nitrogens with zero attached hydrogens (tertiary/aromatic N) is 3. The average Bonchev–Trinajstić information content (AvgIpc) is 3.49. The number of methoxy groups -OCH3 is 1. The average molecular weight is 547 g/mol. The molecule has 1 aliphatic carbocycles. The second-order valence-corrected chi connectivity index (χ2v) is 12.1. The fourth-order valence-electron chi connectivity index (χ4n) is 5.41. The maximum absolute atomic E-state index is 14.0. The Balaban J connectivity index is 1.52. The summed E-state index contributed by atoms with van der Waals surface area (Å²) in [6.45, 7) is 12.1. The predicted molar refractivity (Wildman–Crippen MR) is 150 cm³/mol. The van der Waals surface area contributed by atoms with Gasteiger partial charge in [-0.25, -0.2) is 14.8 Å². The second-order valence-electron chi connectivity index (χ2n) is 12.1. The molecule has 1 saturated carbocycles. The maximum atomic E-state index is 14.0. The molecule has 1 N–H and O–H groups in total. The van der Waals surface area contributed by atoms with E-state index in [1.807, 2.05) is 45.9 Å². The zero-order valence-electron chi connectivity index (χ0n) is 24.0. The quantitative estimate of drug-likeness (QED) is 0.425. The highest BCUT2D eigenvalue weighted by atomic mass is 16.5. The molecule has 1 amide bonds. The molecule has 2 bridgehead atoms.